The Kier molecular flexibility index (Phi) is 3.22. The predicted octanol–water partition coefficient (Wildman–Crippen LogP) is 2.74. The van der Waals surface area contributed by atoms with E-state index in [1.807, 2.05) is 22.9 Å². The molecule has 0 fully saturated rings. The van der Waals surface area contributed by atoms with Crippen LogP contribution in [-0.2, 0) is 0 Å². The van der Waals surface area contributed by atoms with Crippen molar-refractivity contribution in [1.82, 2.24) is 9.55 Å². The summed E-state index contributed by atoms with van der Waals surface area (Å²) in [6, 6.07) is 3.70. The number of rotatable bonds is 3. The van der Waals surface area contributed by atoms with E-state index in [2.05, 4.69) is 4.98 Å². The number of nitrogens with zero attached hydrogens (tertiary/aromatic N) is 2. The summed E-state index contributed by atoms with van der Waals surface area (Å²) >= 11 is 3.08. The standard InChI is InChI=1S/C13H12N2O2S2/c1-8(5-16)15-7-14-12-11(13(15)17)9(6-19-12)10-3-2-4-18-10/h2-4,6-8,16H,5H2,1H3/t8-/m0/s1. The average molecular weight is 292 g/mol. The Hall–Kier alpha value is -1.50. The molecule has 0 amide bonds. The van der Waals surface area contributed by atoms with Crippen LogP contribution >= 0.6 is 22.7 Å². The highest BCUT2D eigenvalue weighted by Gasteiger charge is 2.15. The lowest BCUT2D eigenvalue weighted by atomic mass is 10.2. The van der Waals surface area contributed by atoms with Gasteiger partial charge in [-0.15, -0.1) is 22.7 Å². The van der Waals surface area contributed by atoms with Gasteiger partial charge in [0.2, 0.25) is 0 Å². The molecule has 3 aromatic rings. The molecule has 6 heteroatoms. The van der Waals surface area contributed by atoms with Crippen LogP contribution < -0.4 is 5.56 Å². The molecule has 3 rings (SSSR count). The minimum absolute atomic E-state index is 0.0778. The van der Waals surface area contributed by atoms with E-state index in [0.717, 1.165) is 15.3 Å². The van der Waals surface area contributed by atoms with Crippen molar-refractivity contribution in [2.45, 2.75) is 13.0 Å². The first-order valence-corrected chi connectivity index (χ1v) is 7.61. The van der Waals surface area contributed by atoms with Crippen molar-refractivity contribution < 1.29 is 5.11 Å². The summed E-state index contributed by atoms with van der Waals surface area (Å²) in [5.74, 6) is 0. The van der Waals surface area contributed by atoms with Crippen LogP contribution in [0.5, 0.6) is 0 Å². The zero-order chi connectivity index (χ0) is 13.4. The summed E-state index contributed by atoms with van der Waals surface area (Å²) in [5.41, 5.74) is 0.850. The number of aromatic nitrogens is 2. The maximum absolute atomic E-state index is 12.5. The highest BCUT2D eigenvalue weighted by Crippen LogP contribution is 2.33. The molecule has 0 spiro atoms. The third kappa shape index (κ3) is 2.01. The molecule has 3 aromatic heterocycles. The summed E-state index contributed by atoms with van der Waals surface area (Å²) in [5, 5.41) is 13.8. The fraction of sp³-hybridized carbons (Fsp3) is 0.231. The predicted molar refractivity (Wildman–Crippen MR) is 79.0 cm³/mol. The molecule has 0 aliphatic rings. The molecular formula is C13H12N2O2S2. The summed E-state index contributed by atoms with van der Waals surface area (Å²) < 4.78 is 1.49. The summed E-state index contributed by atoms with van der Waals surface area (Å²) in [7, 11) is 0. The lowest BCUT2D eigenvalue weighted by molar-refractivity contribution is 0.236. The second-order valence-electron chi connectivity index (χ2n) is 4.30. The molecule has 0 radical (unpaired) electrons. The Morgan fingerprint density at radius 1 is 1.47 bits per heavy atom. The van der Waals surface area contributed by atoms with Gasteiger partial charge >= 0.3 is 0 Å². The molecule has 0 aliphatic carbocycles. The van der Waals surface area contributed by atoms with Gasteiger partial charge in [0.1, 0.15) is 4.83 Å². The van der Waals surface area contributed by atoms with Crippen LogP contribution in [0.25, 0.3) is 20.7 Å². The number of thiophene rings is 2. The van der Waals surface area contributed by atoms with Gasteiger partial charge in [-0.3, -0.25) is 9.36 Å². The molecule has 4 nitrogen and oxygen atoms in total. The molecule has 0 unspecified atom stereocenters. The molecule has 0 aliphatic heterocycles. The Morgan fingerprint density at radius 3 is 3.00 bits per heavy atom. The maximum atomic E-state index is 12.5. The Bertz CT molecular complexity index is 759. The zero-order valence-corrected chi connectivity index (χ0v) is 11.9. The minimum atomic E-state index is -0.263. The van der Waals surface area contributed by atoms with Gasteiger partial charge in [-0.2, -0.15) is 0 Å². The van der Waals surface area contributed by atoms with E-state index in [1.54, 1.807) is 18.3 Å². The first-order chi connectivity index (χ1) is 9.22. The Balaban J connectivity index is 2.29. The SMILES string of the molecule is C[C@@H](CO)n1cnc2scc(-c3cccs3)c2c1=O. The summed E-state index contributed by atoms with van der Waals surface area (Å²) in [6.45, 7) is 1.72. The lowest BCUT2D eigenvalue weighted by Gasteiger charge is -2.11. The summed E-state index contributed by atoms with van der Waals surface area (Å²) in [4.78, 5) is 18.7. The van der Waals surface area contributed by atoms with Crippen LogP contribution in [0.15, 0.2) is 34.0 Å². The molecule has 0 saturated heterocycles. The number of aliphatic hydroxyl groups is 1. The van der Waals surface area contributed by atoms with Gasteiger partial charge in [0, 0.05) is 15.8 Å². The van der Waals surface area contributed by atoms with E-state index in [1.165, 1.54) is 22.2 Å². The van der Waals surface area contributed by atoms with Crippen LogP contribution in [0.2, 0.25) is 0 Å². The van der Waals surface area contributed by atoms with Gasteiger partial charge in [0.05, 0.1) is 24.4 Å². The molecule has 1 atom stereocenters. The second-order valence-corrected chi connectivity index (χ2v) is 6.10. The fourth-order valence-corrected chi connectivity index (χ4v) is 3.68. The average Bonchev–Trinajstić information content (AvgIpc) is 3.06. The van der Waals surface area contributed by atoms with Crippen molar-refractivity contribution in [3.8, 4) is 10.4 Å². The van der Waals surface area contributed by atoms with Crippen LogP contribution in [0.4, 0.5) is 0 Å². The topological polar surface area (TPSA) is 55.1 Å². The van der Waals surface area contributed by atoms with Crippen LogP contribution in [-0.4, -0.2) is 21.3 Å². The van der Waals surface area contributed by atoms with Gasteiger partial charge in [0.25, 0.3) is 5.56 Å². The van der Waals surface area contributed by atoms with Crippen molar-refractivity contribution in [1.29, 1.82) is 0 Å². The number of hydrogen-bond acceptors (Lipinski definition) is 5. The van der Waals surface area contributed by atoms with E-state index in [-0.39, 0.29) is 18.2 Å². The minimum Gasteiger partial charge on any atom is -0.394 e. The van der Waals surface area contributed by atoms with Gasteiger partial charge in [-0.05, 0) is 18.4 Å². The third-order valence-electron chi connectivity index (χ3n) is 3.05. The lowest BCUT2D eigenvalue weighted by Crippen LogP contribution is -2.25. The van der Waals surface area contributed by atoms with Crippen molar-refractivity contribution >= 4 is 32.9 Å². The Labute approximate surface area is 117 Å². The number of hydrogen-bond donors (Lipinski definition) is 1. The normalized spacial score (nSPS) is 12.9. The van der Waals surface area contributed by atoms with Crippen molar-refractivity contribution in [3.05, 3.63) is 39.6 Å². The van der Waals surface area contributed by atoms with Gasteiger partial charge < -0.3 is 5.11 Å². The van der Waals surface area contributed by atoms with Crippen molar-refractivity contribution in [3.63, 3.8) is 0 Å². The molecular weight excluding hydrogens is 280 g/mol. The molecule has 0 aromatic carbocycles. The smallest absolute Gasteiger partial charge is 0.263 e. The van der Waals surface area contributed by atoms with E-state index in [4.69, 9.17) is 0 Å². The molecule has 0 bridgehead atoms. The van der Waals surface area contributed by atoms with Gasteiger partial charge in [-0.1, -0.05) is 6.07 Å². The third-order valence-corrected chi connectivity index (χ3v) is 4.83. The maximum Gasteiger partial charge on any atom is 0.263 e. The first kappa shape index (κ1) is 12.5. The largest absolute Gasteiger partial charge is 0.394 e. The summed E-state index contributed by atoms with van der Waals surface area (Å²) in [6.07, 6.45) is 1.51. The van der Waals surface area contributed by atoms with E-state index < -0.39 is 0 Å². The van der Waals surface area contributed by atoms with Crippen LogP contribution in [0.1, 0.15) is 13.0 Å². The first-order valence-electron chi connectivity index (χ1n) is 5.85. The molecule has 3 heterocycles. The van der Waals surface area contributed by atoms with E-state index in [9.17, 15) is 9.90 Å². The quantitative estimate of drug-likeness (QED) is 0.807. The monoisotopic (exact) mass is 292 g/mol. The van der Waals surface area contributed by atoms with Crippen molar-refractivity contribution in [2.24, 2.45) is 0 Å². The van der Waals surface area contributed by atoms with Crippen molar-refractivity contribution in [2.75, 3.05) is 6.61 Å². The number of fused-ring (bicyclic) bond motifs is 1. The van der Waals surface area contributed by atoms with E-state index in [0.29, 0.717) is 5.39 Å². The van der Waals surface area contributed by atoms with Gasteiger partial charge in [0.15, 0.2) is 0 Å². The number of aliphatic hydroxyl groups excluding tert-OH is 1. The van der Waals surface area contributed by atoms with Crippen LogP contribution in [0.3, 0.4) is 0 Å². The van der Waals surface area contributed by atoms with Crippen LogP contribution in [0, 0.1) is 0 Å². The fourth-order valence-electron chi connectivity index (χ4n) is 1.96. The zero-order valence-electron chi connectivity index (χ0n) is 10.2. The Morgan fingerprint density at radius 2 is 2.32 bits per heavy atom. The highest BCUT2D eigenvalue weighted by molar-refractivity contribution is 7.18. The highest BCUT2D eigenvalue weighted by atomic mass is 32.1. The molecule has 1 N–H and O–H groups in total. The van der Waals surface area contributed by atoms with E-state index >= 15 is 0 Å². The second kappa shape index (κ2) is 4.88. The molecule has 98 valence electrons. The molecule has 19 heavy (non-hydrogen) atoms. The molecule has 0 saturated carbocycles. The van der Waals surface area contributed by atoms with Gasteiger partial charge in [-0.25, -0.2) is 4.98 Å².